The standard InChI is InChI=1S/C42H48N8O5S/c1-50-36(22-29-24-46-33-11-3-2-9-31(29)33)39(52)48-25-32-30(26-15-17-27(18-16-26)42(54)55)10-4-14-37(32)56-40-28(8-7-21-45-40)23-47-34(12-5-19-43)38(51)49-35(41(50)53)13-6-20-44/h2-4,7-11,14-18,21,24,34-36,46-47H,5-6,12-13,19-20,22-23,25,43-44H2,1H3,(H,48,52)(H,49,51)(H,54,55)/t34?,35-,36-/m0/s1. The number of likely N-dealkylation sites (N-methyl/N-ethyl adjacent to an activating group) is 1. The van der Waals surface area contributed by atoms with Crippen LogP contribution in [0.4, 0.5) is 0 Å². The normalized spacial score (nSPS) is 18.4. The molecule has 13 nitrogen and oxygen atoms in total. The number of rotatable bonds is 10. The van der Waals surface area contributed by atoms with E-state index in [0.29, 0.717) is 43.9 Å². The van der Waals surface area contributed by atoms with Crippen molar-refractivity contribution in [3.8, 4) is 11.1 Å². The molecule has 0 radical (unpaired) electrons. The first-order valence-corrected chi connectivity index (χ1v) is 19.6. The van der Waals surface area contributed by atoms with Crippen molar-refractivity contribution in [1.82, 2.24) is 30.8 Å². The number of hydrogen-bond acceptors (Lipinski definition) is 9. The maximum Gasteiger partial charge on any atom is 0.335 e. The summed E-state index contributed by atoms with van der Waals surface area (Å²) in [4.78, 5) is 65.0. The number of amides is 3. The zero-order valence-corrected chi connectivity index (χ0v) is 32.1. The molecule has 1 aliphatic rings. The first-order chi connectivity index (χ1) is 27.2. The SMILES string of the molecule is CN1C(=O)[C@H](CCCN)NC(=O)C(CCCN)NCc2cccnc2Sc2cccc(-c3ccc(C(=O)O)cc3)c2CNC(=O)[C@@H]1Cc1c[nH]c2ccccc12. The van der Waals surface area contributed by atoms with Gasteiger partial charge in [0.05, 0.1) is 11.6 Å². The fourth-order valence-electron chi connectivity index (χ4n) is 7.00. The lowest BCUT2D eigenvalue weighted by Gasteiger charge is -2.32. The van der Waals surface area contributed by atoms with Crippen molar-refractivity contribution >= 4 is 46.4 Å². The van der Waals surface area contributed by atoms with Gasteiger partial charge in [0.25, 0.3) is 0 Å². The van der Waals surface area contributed by atoms with Crippen LogP contribution in [-0.4, -0.2) is 81.9 Å². The molecular weight excluding hydrogens is 729 g/mol. The van der Waals surface area contributed by atoms with E-state index in [2.05, 4.69) is 20.9 Å². The Balaban J connectivity index is 1.46. The van der Waals surface area contributed by atoms with Gasteiger partial charge in [0, 0.05) is 54.8 Å². The molecule has 9 N–H and O–H groups in total. The maximum atomic E-state index is 14.6. The highest BCUT2D eigenvalue weighted by Crippen LogP contribution is 2.37. The summed E-state index contributed by atoms with van der Waals surface area (Å²) < 4.78 is 0. The number of para-hydroxylation sites is 1. The summed E-state index contributed by atoms with van der Waals surface area (Å²) >= 11 is 1.44. The number of nitrogens with one attached hydrogen (secondary N) is 4. The van der Waals surface area contributed by atoms with Crippen LogP contribution in [0.2, 0.25) is 0 Å². The van der Waals surface area contributed by atoms with E-state index in [-0.39, 0.29) is 36.8 Å². The molecule has 5 aromatic rings. The lowest BCUT2D eigenvalue weighted by atomic mass is 9.98. The fraction of sp³-hybridized carbons (Fsp3) is 0.310. The highest BCUT2D eigenvalue weighted by Gasteiger charge is 2.34. The largest absolute Gasteiger partial charge is 0.478 e. The smallest absolute Gasteiger partial charge is 0.335 e. The average Bonchev–Trinajstić information content (AvgIpc) is 3.63. The number of aromatic carboxylic acids is 1. The topological polar surface area (TPSA) is 209 Å². The molecule has 14 heteroatoms. The molecule has 2 aromatic heterocycles. The number of hydrogen-bond donors (Lipinski definition) is 7. The number of aromatic amines is 1. The van der Waals surface area contributed by atoms with Crippen LogP contribution in [0, 0.1) is 0 Å². The number of carboxylic acids is 1. The average molecular weight is 777 g/mol. The second kappa shape index (κ2) is 18.9. The summed E-state index contributed by atoms with van der Waals surface area (Å²) in [6, 6.07) is 21.4. The molecule has 3 atom stereocenters. The Labute approximate surface area is 330 Å². The van der Waals surface area contributed by atoms with Crippen LogP contribution in [0.3, 0.4) is 0 Å². The molecule has 1 unspecified atom stereocenters. The van der Waals surface area contributed by atoms with E-state index in [4.69, 9.17) is 16.5 Å². The molecule has 3 aromatic carbocycles. The molecule has 3 heterocycles. The number of benzene rings is 3. The van der Waals surface area contributed by atoms with Gasteiger partial charge in [0.2, 0.25) is 17.7 Å². The van der Waals surface area contributed by atoms with Crippen molar-refractivity contribution in [2.45, 2.75) is 73.2 Å². The summed E-state index contributed by atoms with van der Waals surface area (Å²) in [6.45, 7) is 1.12. The Morgan fingerprint density at radius 2 is 1.64 bits per heavy atom. The van der Waals surface area contributed by atoms with E-state index < -0.39 is 30.0 Å². The predicted octanol–water partition coefficient (Wildman–Crippen LogP) is 4.20. The summed E-state index contributed by atoms with van der Waals surface area (Å²) in [5, 5.41) is 20.8. The van der Waals surface area contributed by atoms with Gasteiger partial charge in [-0.3, -0.25) is 14.4 Å². The van der Waals surface area contributed by atoms with Gasteiger partial charge in [-0.15, -0.1) is 0 Å². The predicted molar refractivity (Wildman–Crippen MR) is 217 cm³/mol. The minimum Gasteiger partial charge on any atom is -0.478 e. The van der Waals surface area contributed by atoms with Crippen molar-refractivity contribution < 1.29 is 24.3 Å². The molecule has 0 fully saturated rings. The van der Waals surface area contributed by atoms with Crippen molar-refractivity contribution in [2.75, 3.05) is 20.1 Å². The van der Waals surface area contributed by atoms with Crippen molar-refractivity contribution in [2.24, 2.45) is 11.5 Å². The molecule has 56 heavy (non-hydrogen) atoms. The molecule has 292 valence electrons. The molecule has 0 saturated heterocycles. The molecule has 0 aliphatic carbocycles. The minimum atomic E-state index is -1.03. The van der Waals surface area contributed by atoms with Gasteiger partial charge >= 0.3 is 5.97 Å². The Bertz CT molecular complexity index is 2170. The zero-order chi connectivity index (χ0) is 39.6. The minimum absolute atomic E-state index is 0.0966. The van der Waals surface area contributed by atoms with Crippen LogP contribution < -0.4 is 27.4 Å². The maximum absolute atomic E-state index is 14.6. The Morgan fingerprint density at radius 1 is 0.893 bits per heavy atom. The zero-order valence-electron chi connectivity index (χ0n) is 31.3. The number of carbonyl (C=O) groups excluding carboxylic acids is 3. The van der Waals surface area contributed by atoms with E-state index in [1.165, 1.54) is 16.7 Å². The first kappa shape index (κ1) is 40.1. The summed E-state index contributed by atoms with van der Waals surface area (Å²) in [5.74, 6) is -2.15. The molecule has 6 rings (SSSR count). The lowest BCUT2D eigenvalue weighted by Crippen LogP contribution is -2.57. The van der Waals surface area contributed by atoms with Crippen LogP contribution in [0.1, 0.15) is 52.7 Å². The van der Waals surface area contributed by atoms with Gasteiger partial charge in [0.15, 0.2) is 0 Å². The van der Waals surface area contributed by atoms with E-state index in [1.54, 1.807) is 37.5 Å². The molecule has 1 aliphatic heterocycles. The third kappa shape index (κ3) is 9.45. The quantitative estimate of drug-likeness (QED) is 0.108. The summed E-state index contributed by atoms with van der Waals surface area (Å²) in [6.07, 6.45) is 5.56. The van der Waals surface area contributed by atoms with Crippen LogP contribution in [0.5, 0.6) is 0 Å². The number of carbonyl (C=O) groups is 4. The summed E-state index contributed by atoms with van der Waals surface area (Å²) in [7, 11) is 1.60. The highest BCUT2D eigenvalue weighted by molar-refractivity contribution is 7.99. The molecular formula is C42H48N8O5S. The molecule has 0 spiro atoms. The van der Waals surface area contributed by atoms with E-state index in [0.717, 1.165) is 43.6 Å². The molecule has 0 bridgehead atoms. The van der Waals surface area contributed by atoms with Crippen molar-refractivity contribution in [3.63, 3.8) is 0 Å². The second-order valence-electron chi connectivity index (χ2n) is 13.8. The second-order valence-corrected chi connectivity index (χ2v) is 14.9. The van der Waals surface area contributed by atoms with E-state index >= 15 is 0 Å². The Kier molecular flexibility index (Phi) is 13.5. The number of nitrogens with two attached hydrogens (primary N) is 2. The van der Waals surface area contributed by atoms with Gasteiger partial charge in [-0.2, -0.15) is 0 Å². The van der Waals surface area contributed by atoms with Gasteiger partial charge in [0.1, 0.15) is 17.1 Å². The lowest BCUT2D eigenvalue weighted by molar-refractivity contribution is -0.142. The Morgan fingerprint density at radius 3 is 2.39 bits per heavy atom. The van der Waals surface area contributed by atoms with Gasteiger partial charge < -0.3 is 42.4 Å². The van der Waals surface area contributed by atoms with Crippen LogP contribution in [0.25, 0.3) is 22.0 Å². The van der Waals surface area contributed by atoms with Crippen LogP contribution in [-0.2, 0) is 33.9 Å². The fourth-order valence-corrected chi connectivity index (χ4v) is 8.05. The Hall–Kier alpha value is -5.54. The van der Waals surface area contributed by atoms with E-state index in [1.807, 2.05) is 60.8 Å². The highest BCUT2D eigenvalue weighted by atomic mass is 32.2. The van der Waals surface area contributed by atoms with Crippen LogP contribution in [0.15, 0.2) is 101 Å². The third-order valence-electron chi connectivity index (χ3n) is 10.1. The summed E-state index contributed by atoms with van der Waals surface area (Å²) in [5.41, 5.74) is 16.9. The number of pyridine rings is 1. The van der Waals surface area contributed by atoms with Gasteiger partial charge in [-0.25, -0.2) is 9.78 Å². The van der Waals surface area contributed by atoms with E-state index in [9.17, 15) is 24.3 Å². The number of aromatic nitrogens is 2. The van der Waals surface area contributed by atoms with Crippen LogP contribution >= 0.6 is 11.8 Å². The third-order valence-corrected chi connectivity index (χ3v) is 11.3. The monoisotopic (exact) mass is 776 g/mol. The number of fused-ring (bicyclic) bond motifs is 3. The van der Waals surface area contributed by atoms with Crippen molar-refractivity contribution in [3.05, 3.63) is 114 Å². The number of nitrogens with zero attached hydrogens (tertiary/aromatic N) is 2. The molecule has 0 saturated carbocycles. The van der Waals surface area contributed by atoms with Gasteiger partial charge in [-0.05, 0) is 96.9 Å². The number of H-pyrrole nitrogens is 1. The molecule has 3 amide bonds. The number of carboxylic acid groups (broad SMARTS) is 1. The first-order valence-electron chi connectivity index (χ1n) is 18.8. The van der Waals surface area contributed by atoms with Crippen molar-refractivity contribution in [1.29, 1.82) is 0 Å². The van der Waals surface area contributed by atoms with Gasteiger partial charge in [-0.1, -0.05) is 60.3 Å².